The molecule has 3 aromatic rings. The molecule has 0 saturated carbocycles. The predicted octanol–water partition coefficient (Wildman–Crippen LogP) is 4.57. The van der Waals surface area contributed by atoms with Crippen LogP contribution >= 0.6 is 11.8 Å². The van der Waals surface area contributed by atoms with E-state index in [2.05, 4.69) is 16.8 Å². The quantitative estimate of drug-likeness (QED) is 0.460. The smallest absolute Gasteiger partial charge is 0.192 e. The summed E-state index contributed by atoms with van der Waals surface area (Å²) in [5, 5.41) is 9.16. The summed E-state index contributed by atoms with van der Waals surface area (Å²) in [4.78, 5) is 0. The highest BCUT2D eigenvalue weighted by atomic mass is 32.2. The molecule has 3 rings (SSSR count). The number of methoxy groups -OCH3 is 1. The van der Waals surface area contributed by atoms with E-state index in [4.69, 9.17) is 4.74 Å². The first kappa shape index (κ1) is 17.2. The van der Waals surface area contributed by atoms with Crippen LogP contribution in [-0.2, 0) is 12.3 Å². The zero-order valence-electron chi connectivity index (χ0n) is 13.9. The first-order valence-corrected chi connectivity index (χ1v) is 8.76. The molecule has 6 heteroatoms. The lowest BCUT2D eigenvalue weighted by atomic mass is 10.2. The highest BCUT2D eigenvalue weighted by Crippen LogP contribution is 2.28. The SMILES string of the molecule is C=CCn1c(SCc2ccc(OC)cc2)nnc1-c1ccccc1F. The number of hydrogen-bond acceptors (Lipinski definition) is 4. The van der Waals surface area contributed by atoms with Crippen LogP contribution < -0.4 is 4.74 Å². The number of ether oxygens (including phenoxy) is 1. The van der Waals surface area contributed by atoms with E-state index in [1.54, 1.807) is 43.1 Å². The average molecular weight is 355 g/mol. The number of benzene rings is 2. The number of rotatable bonds is 7. The van der Waals surface area contributed by atoms with Gasteiger partial charge in [-0.2, -0.15) is 0 Å². The van der Waals surface area contributed by atoms with Crippen molar-refractivity contribution < 1.29 is 9.13 Å². The van der Waals surface area contributed by atoms with Gasteiger partial charge in [0, 0.05) is 12.3 Å². The molecule has 0 amide bonds. The second-order valence-corrected chi connectivity index (χ2v) is 6.26. The lowest BCUT2D eigenvalue weighted by Gasteiger charge is -2.08. The molecule has 0 N–H and O–H groups in total. The molecule has 0 bridgehead atoms. The second-order valence-electron chi connectivity index (χ2n) is 5.32. The number of halogens is 1. The Kier molecular flexibility index (Phi) is 5.50. The first-order chi connectivity index (χ1) is 12.2. The Hall–Kier alpha value is -2.60. The third-order valence-corrected chi connectivity index (χ3v) is 4.71. The third kappa shape index (κ3) is 3.91. The molecular weight excluding hydrogens is 337 g/mol. The summed E-state index contributed by atoms with van der Waals surface area (Å²) < 4.78 is 21.1. The number of nitrogens with zero attached hydrogens (tertiary/aromatic N) is 3. The molecule has 1 aromatic heterocycles. The Balaban J connectivity index is 1.84. The summed E-state index contributed by atoms with van der Waals surface area (Å²) in [6.45, 7) is 4.29. The maximum atomic E-state index is 14.1. The van der Waals surface area contributed by atoms with Crippen molar-refractivity contribution in [3.8, 4) is 17.1 Å². The van der Waals surface area contributed by atoms with Crippen LogP contribution in [-0.4, -0.2) is 21.9 Å². The molecule has 0 spiro atoms. The Morgan fingerprint density at radius 3 is 2.60 bits per heavy atom. The maximum Gasteiger partial charge on any atom is 0.192 e. The Labute approximate surface area is 150 Å². The molecule has 0 radical (unpaired) electrons. The van der Waals surface area contributed by atoms with E-state index in [0.717, 1.165) is 22.2 Å². The molecule has 0 aliphatic heterocycles. The van der Waals surface area contributed by atoms with Gasteiger partial charge < -0.3 is 4.74 Å². The largest absolute Gasteiger partial charge is 0.497 e. The van der Waals surface area contributed by atoms with E-state index in [1.807, 2.05) is 28.8 Å². The van der Waals surface area contributed by atoms with E-state index in [-0.39, 0.29) is 5.82 Å². The second kappa shape index (κ2) is 7.98. The summed E-state index contributed by atoms with van der Waals surface area (Å²) in [7, 11) is 1.64. The van der Waals surface area contributed by atoms with Crippen LogP contribution in [0.3, 0.4) is 0 Å². The van der Waals surface area contributed by atoms with Crippen LogP contribution in [0.4, 0.5) is 4.39 Å². The standard InChI is InChI=1S/C19H18FN3OS/c1-3-12-23-18(16-6-4-5-7-17(16)20)21-22-19(23)25-13-14-8-10-15(24-2)11-9-14/h3-11H,1,12-13H2,2H3. The van der Waals surface area contributed by atoms with Crippen molar-refractivity contribution in [3.05, 3.63) is 72.6 Å². The lowest BCUT2D eigenvalue weighted by molar-refractivity contribution is 0.414. The van der Waals surface area contributed by atoms with Gasteiger partial charge in [0.1, 0.15) is 11.6 Å². The zero-order valence-corrected chi connectivity index (χ0v) is 14.7. The van der Waals surface area contributed by atoms with E-state index in [0.29, 0.717) is 17.9 Å². The summed E-state index contributed by atoms with van der Waals surface area (Å²) >= 11 is 1.55. The number of aromatic nitrogens is 3. The van der Waals surface area contributed by atoms with Crippen LogP contribution in [0.25, 0.3) is 11.4 Å². The molecular formula is C19H18FN3OS. The fraction of sp³-hybridized carbons (Fsp3) is 0.158. The fourth-order valence-corrected chi connectivity index (χ4v) is 3.30. The Morgan fingerprint density at radius 1 is 1.16 bits per heavy atom. The van der Waals surface area contributed by atoms with Gasteiger partial charge in [0.25, 0.3) is 0 Å². The predicted molar refractivity (Wildman–Crippen MR) is 98.2 cm³/mol. The van der Waals surface area contributed by atoms with Gasteiger partial charge in [-0.3, -0.25) is 4.57 Å². The summed E-state index contributed by atoms with van der Waals surface area (Å²) in [5.41, 5.74) is 1.58. The van der Waals surface area contributed by atoms with Crippen LogP contribution in [0.1, 0.15) is 5.56 Å². The maximum absolute atomic E-state index is 14.1. The van der Waals surface area contributed by atoms with Gasteiger partial charge in [0.05, 0.1) is 12.7 Å². The molecule has 2 aromatic carbocycles. The van der Waals surface area contributed by atoms with E-state index >= 15 is 0 Å². The van der Waals surface area contributed by atoms with Gasteiger partial charge in [0.15, 0.2) is 11.0 Å². The molecule has 0 saturated heterocycles. The van der Waals surface area contributed by atoms with E-state index in [1.165, 1.54) is 6.07 Å². The monoisotopic (exact) mass is 355 g/mol. The summed E-state index contributed by atoms with van der Waals surface area (Å²) in [6.07, 6.45) is 1.76. The minimum atomic E-state index is -0.313. The minimum Gasteiger partial charge on any atom is -0.497 e. The van der Waals surface area contributed by atoms with Crippen molar-refractivity contribution in [1.82, 2.24) is 14.8 Å². The van der Waals surface area contributed by atoms with Crippen LogP contribution in [0.2, 0.25) is 0 Å². The molecule has 128 valence electrons. The number of thioether (sulfide) groups is 1. The summed E-state index contributed by atoms with van der Waals surface area (Å²) in [5.74, 6) is 1.75. The molecule has 25 heavy (non-hydrogen) atoms. The van der Waals surface area contributed by atoms with Gasteiger partial charge in [-0.25, -0.2) is 4.39 Å². The normalized spacial score (nSPS) is 10.6. The fourth-order valence-electron chi connectivity index (χ4n) is 2.40. The molecule has 0 atom stereocenters. The van der Waals surface area contributed by atoms with Crippen LogP contribution in [0.5, 0.6) is 5.75 Å². The van der Waals surface area contributed by atoms with Gasteiger partial charge in [-0.05, 0) is 29.8 Å². The number of hydrogen-bond donors (Lipinski definition) is 0. The van der Waals surface area contributed by atoms with Gasteiger partial charge in [-0.15, -0.1) is 16.8 Å². The van der Waals surface area contributed by atoms with Crippen LogP contribution in [0, 0.1) is 5.82 Å². The molecule has 1 heterocycles. The van der Waals surface area contributed by atoms with Crippen molar-refractivity contribution in [3.63, 3.8) is 0 Å². The van der Waals surface area contributed by atoms with Gasteiger partial charge in [-0.1, -0.05) is 42.1 Å². The van der Waals surface area contributed by atoms with Gasteiger partial charge >= 0.3 is 0 Å². The number of allylic oxidation sites excluding steroid dienone is 1. The highest BCUT2D eigenvalue weighted by molar-refractivity contribution is 7.98. The van der Waals surface area contributed by atoms with Crippen LogP contribution in [0.15, 0.2) is 66.3 Å². The van der Waals surface area contributed by atoms with Crippen molar-refractivity contribution in [1.29, 1.82) is 0 Å². The Morgan fingerprint density at radius 2 is 1.92 bits per heavy atom. The lowest BCUT2D eigenvalue weighted by Crippen LogP contribution is -2.01. The topological polar surface area (TPSA) is 39.9 Å². The van der Waals surface area contributed by atoms with Crippen molar-refractivity contribution in [2.24, 2.45) is 0 Å². The first-order valence-electron chi connectivity index (χ1n) is 7.77. The molecule has 0 aliphatic rings. The van der Waals surface area contributed by atoms with E-state index < -0.39 is 0 Å². The Bertz CT molecular complexity index is 861. The zero-order chi connectivity index (χ0) is 17.6. The minimum absolute atomic E-state index is 0.313. The van der Waals surface area contributed by atoms with Crippen molar-refractivity contribution in [2.75, 3.05) is 7.11 Å². The van der Waals surface area contributed by atoms with E-state index in [9.17, 15) is 4.39 Å². The van der Waals surface area contributed by atoms with Crippen molar-refractivity contribution in [2.45, 2.75) is 17.5 Å². The summed E-state index contributed by atoms with van der Waals surface area (Å²) in [6, 6.07) is 14.4. The average Bonchev–Trinajstić information content (AvgIpc) is 3.04. The molecule has 4 nitrogen and oxygen atoms in total. The third-order valence-electron chi connectivity index (χ3n) is 3.67. The highest BCUT2D eigenvalue weighted by Gasteiger charge is 2.16. The molecule has 0 aliphatic carbocycles. The molecule has 0 fully saturated rings. The van der Waals surface area contributed by atoms with Crippen molar-refractivity contribution >= 4 is 11.8 Å². The van der Waals surface area contributed by atoms with Gasteiger partial charge in [0.2, 0.25) is 0 Å². The molecule has 0 unspecified atom stereocenters.